The molecule has 2 aromatic carbocycles. The number of aromatic nitrogens is 1. The Hall–Kier alpha value is -3.37. The van der Waals surface area contributed by atoms with Crippen LogP contribution in [-0.4, -0.2) is 10.9 Å². The van der Waals surface area contributed by atoms with Gasteiger partial charge in [-0.05, 0) is 17.7 Å². The fourth-order valence-electron chi connectivity index (χ4n) is 3.02. The van der Waals surface area contributed by atoms with Crippen molar-refractivity contribution in [3.63, 3.8) is 0 Å². The van der Waals surface area contributed by atoms with Gasteiger partial charge in [-0.1, -0.05) is 52.3 Å². The van der Waals surface area contributed by atoms with Gasteiger partial charge in [0.25, 0.3) is 0 Å². The molecule has 2 aliphatic rings. The molecule has 0 fully saturated rings. The van der Waals surface area contributed by atoms with Crippen molar-refractivity contribution in [2.45, 2.75) is 6.42 Å². The molecule has 1 heterocycles. The van der Waals surface area contributed by atoms with Gasteiger partial charge in [0.15, 0.2) is 10.9 Å². The first-order chi connectivity index (χ1) is 13.1. The van der Waals surface area contributed by atoms with Crippen molar-refractivity contribution in [2.24, 2.45) is 5.10 Å². The molecule has 0 saturated carbocycles. The summed E-state index contributed by atoms with van der Waals surface area (Å²) in [7, 11) is 0. The van der Waals surface area contributed by atoms with Crippen LogP contribution in [0.1, 0.15) is 11.1 Å². The van der Waals surface area contributed by atoms with E-state index in [1.54, 1.807) is 24.3 Å². The van der Waals surface area contributed by atoms with Crippen LogP contribution in [0.2, 0.25) is 0 Å². The van der Waals surface area contributed by atoms with Crippen molar-refractivity contribution in [3.05, 3.63) is 79.8 Å². The van der Waals surface area contributed by atoms with Gasteiger partial charge >= 0.3 is 0 Å². The van der Waals surface area contributed by atoms with Crippen LogP contribution in [-0.2, 0) is 11.2 Å². The molecule has 4 rings (SSSR count). The normalized spacial score (nSPS) is 11.8. The van der Waals surface area contributed by atoms with E-state index in [0.717, 1.165) is 10.0 Å². The summed E-state index contributed by atoms with van der Waals surface area (Å²) in [4.78, 5) is 29.0. The summed E-state index contributed by atoms with van der Waals surface area (Å²) in [5.41, 5.74) is 3.81. The minimum Gasteiger partial charge on any atom is -0.288 e. The fourth-order valence-corrected chi connectivity index (χ4v) is 3.28. The molecule has 0 spiro atoms. The maximum absolute atomic E-state index is 12.6. The molecule has 0 saturated heterocycles. The zero-order valence-electron chi connectivity index (χ0n) is 13.9. The van der Waals surface area contributed by atoms with Gasteiger partial charge in [-0.15, -0.1) is 0 Å². The molecule has 1 N–H and O–H groups in total. The average Bonchev–Trinajstić information content (AvgIpc) is 3.18. The fraction of sp³-hybridized carbons (Fsp3) is 0.0500. The number of amides is 1. The van der Waals surface area contributed by atoms with E-state index < -0.39 is 0 Å². The number of halogens is 1. The van der Waals surface area contributed by atoms with Crippen LogP contribution in [0.5, 0.6) is 0 Å². The number of carbonyl (C=O) groups excluding carboxylic acids is 1. The highest BCUT2D eigenvalue weighted by molar-refractivity contribution is 9.10. The topological polar surface area (TPSA) is 95.2 Å². The Morgan fingerprint density at radius 3 is 2.56 bits per heavy atom. The van der Waals surface area contributed by atoms with E-state index in [1.807, 2.05) is 30.3 Å². The Bertz CT molecular complexity index is 1280. The molecular weight excluding hydrogens is 408 g/mol. The summed E-state index contributed by atoms with van der Waals surface area (Å²) in [6.07, 6.45) is 0.140. The van der Waals surface area contributed by atoms with Gasteiger partial charge in [0.05, 0.1) is 17.7 Å². The molecule has 6 nitrogen and oxygen atoms in total. The number of nitriles is 1. The Balaban J connectivity index is 1.69. The third-order valence-corrected chi connectivity index (χ3v) is 4.79. The minimum absolute atomic E-state index is 0.0505. The highest BCUT2D eigenvalue weighted by Gasteiger charge is 2.24. The molecule has 7 heteroatoms. The number of nitrogens with zero attached hydrogens (tertiary/aromatic N) is 3. The third kappa shape index (κ3) is 3.00. The highest BCUT2D eigenvalue weighted by atomic mass is 79.9. The first-order valence-electron chi connectivity index (χ1n) is 8.07. The number of benzene rings is 2. The summed E-state index contributed by atoms with van der Waals surface area (Å²) in [6.45, 7) is 0. The minimum atomic E-state index is -0.337. The van der Waals surface area contributed by atoms with E-state index in [-0.39, 0.29) is 34.4 Å². The van der Waals surface area contributed by atoms with Gasteiger partial charge in [-0.2, -0.15) is 10.4 Å². The standard InChI is InChI=1S/C20H11BrN4O2/c21-12-7-5-11(6-8-12)9-16(26)24-25-20-15(10-22)17-18(23-20)13-3-1-2-4-14(13)19(17)27/h1-8H,9H2,(H,24,26)/b25-20+. The largest absolute Gasteiger partial charge is 0.288 e. The summed E-state index contributed by atoms with van der Waals surface area (Å²) in [6, 6.07) is 16.4. The van der Waals surface area contributed by atoms with Crippen LogP contribution in [0.15, 0.2) is 62.9 Å². The predicted molar refractivity (Wildman–Crippen MR) is 103 cm³/mol. The number of carbonyl (C=O) groups is 1. The van der Waals surface area contributed by atoms with Gasteiger partial charge in [-0.25, -0.2) is 10.4 Å². The van der Waals surface area contributed by atoms with Crippen LogP contribution in [0.3, 0.4) is 0 Å². The Kier molecular flexibility index (Phi) is 4.26. The molecular formula is C20H11BrN4O2. The average molecular weight is 419 g/mol. The van der Waals surface area contributed by atoms with Crippen molar-refractivity contribution < 1.29 is 4.79 Å². The van der Waals surface area contributed by atoms with Gasteiger partial charge in [0.1, 0.15) is 11.6 Å². The van der Waals surface area contributed by atoms with Crippen molar-refractivity contribution in [3.8, 4) is 17.3 Å². The molecule has 0 atom stereocenters. The smallest absolute Gasteiger partial charge is 0.244 e. The van der Waals surface area contributed by atoms with E-state index in [1.165, 1.54) is 0 Å². The van der Waals surface area contributed by atoms with Gasteiger partial charge in [-0.3, -0.25) is 9.59 Å². The lowest BCUT2D eigenvalue weighted by molar-refractivity contribution is -0.120. The first kappa shape index (κ1) is 17.1. The monoisotopic (exact) mass is 418 g/mol. The Morgan fingerprint density at radius 1 is 1.15 bits per heavy atom. The van der Waals surface area contributed by atoms with E-state index in [2.05, 4.69) is 31.4 Å². The number of fused-ring (bicyclic) bond motifs is 3. The maximum atomic E-state index is 12.6. The number of hydrogen-bond donors (Lipinski definition) is 1. The number of hydrogen-bond acceptors (Lipinski definition) is 5. The summed E-state index contributed by atoms with van der Waals surface area (Å²) < 4.78 is 0.926. The van der Waals surface area contributed by atoms with Crippen molar-refractivity contribution in [1.82, 2.24) is 10.4 Å². The van der Waals surface area contributed by atoms with Crippen LogP contribution in [0, 0.1) is 11.3 Å². The van der Waals surface area contributed by atoms with E-state index in [9.17, 15) is 14.9 Å². The molecule has 0 unspecified atom stereocenters. The summed E-state index contributed by atoms with van der Waals surface area (Å²) in [5.74, 6) is -0.337. The molecule has 0 bridgehead atoms. The SMILES string of the molecule is N#Cc1c2c(=O)c3ccccc3c-2n/c1=N/NC(=O)Cc1ccc(Br)cc1. The molecule has 2 aromatic rings. The van der Waals surface area contributed by atoms with Crippen molar-refractivity contribution in [1.29, 1.82) is 5.26 Å². The lowest BCUT2D eigenvalue weighted by Gasteiger charge is -2.00. The van der Waals surface area contributed by atoms with Crippen LogP contribution >= 0.6 is 15.9 Å². The highest BCUT2D eigenvalue weighted by Crippen LogP contribution is 2.28. The maximum Gasteiger partial charge on any atom is 0.244 e. The van der Waals surface area contributed by atoms with Crippen molar-refractivity contribution in [2.75, 3.05) is 0 Å². The Labute approximate surface area is 161 Å². The third-order valence-electron chi connectivity index (χ3n) is 4.26. The van der Waals surface area contributed by atoms with E-state index in [4.69, 9.17) is 0 Å². The lowest BCUT2D eigenvalue weighted by Crippen LogP contribution is -2.24. The van der Waals surface area contributed by atoms with E-state index >= 15 is 0 Å². The van der Waals surface area contributed by atoms with Gasteiger partial charge < -0.3 is 0 Å². The van der Waals surface area contributed by atoms with Gasteiger partial charge in [0, 0.05) is 15.2 Å². The molecule has 1 aliphatic carbocycles. The zero-order chi connectivity index (χ0) is 19.0. The number of rotatable bonds is 3. The van der Waals surface area contributed by atoms with Gasteiger partial charge in [0.2, 0.25) is 5.91 Å². The number of nitrogens with one attached hydrogen (secondary N) is 1. The Morgan fingerprint density at radius 2 is 1.85 bits per heavy atom. The molecule has 1 aliphatic heterocycles. The second-order valence-electron chi connectivity index (χ2n) is 5.97. The first-order valence-corrected chi connectivity index (χ1v) is 8.86. The van der Waals surface area contributed by atoms with Crippen LogP contribution in [0.4, 0.5) is 0 Å². The van der Waals surface area contributed by atoms with Crippen LogP contribution < -0.4 is 16.3 Å². The molecule has 0 radical (unpaired) electrons. The summed E-state index contributed by atoms with van der Waals surface area (Å²) >= 11 is 3.34. The molecule has 27 heavy (non-hydrogen) atoms. The quantitative estimate of drug-likeness (QED) is 0.516. The summed E-state index contributed by atoms with van der Waals surface area (Å²) in [5, 5.41) is 14.6. The predicted octanol–water partition coefficient (Wildman–Crippen LogP) is 2.38. The molecule has 130 valence electrons. The lowest BCUT2D eigenvalue weighted by atomic mass is 10.1. The zero-order valence-corrected chi connectivity index (χ0v) is 15.4. The van der Waals surface area contributed by atoms with E-state index in [0.29, 0.717) is 16.5 Å². The van der Waals surface area contributed by atoms with Crippen molar-refractivity contribution >= 4 is 32.6 Å². The molecule has 1 amide bonds. The molecule has 0 aromatic heterocycles. The second-order valence-corrected chi connectivity index (χ2v) is 6.89. The van der Waals surface area contributed by atoms with Crippen LogP contribution in [0.25, 0.3) is 22.0 Å². The second kappa shape index (κ2) is 6.74.